The van der Waals surface area contributed by atoms with Gasteiger partial charge in [0.2, 0.25) is 0 Å². The van der Waals surface area contributed by atoms with Crippen LogP contribution in [0.15, 0.2) is 30.5 Å². The van der Waals surface area contributed by atoms with Crippen LogP contribution in [0.1, 0.15) is 5.56 Å². The summed E-state index contributed by atoms with van der Waals surface area (Å²) in [6, 6.07) is 6.71. The number of nitrogens with two attached hydrogens (primary N) is 1. The summed E-state index contributed by atoms with van der Waals surface area (Å²) in [7, 11) is 0. The average molecular weight is 333 g/mol. The van der Waals surface area contributed by atoms with Crippen molar-refractivity contribution >= 4 is 63.5 Å². The molecule has 7 heteroatoms. The molecule has 2 aromatic rings. The predicted octanol–water partition coefficient (Wildman–Crippen LogP) is 4.42. The molecule has 3 nitrogen and oxygen atoms in total. The highest BCUT2D eigenvalue weighted by Crippen LogP contribution is 2.33. The van der Waals surface area contributed by atoms with Crippen molar-refractivity contribution in [3.8, 4) is 0 Å². The lowest BCUT2D eigenvalue weighted by molar-refractivity contribution is 1.30. The maximum atomic E-state index is 6.06. The van der Waals surface area contributed by atoms with Crippen molar-refractivity contribution in [2.45, 2.75) is 0 Å². The van der Waals surface area contributed by atoms with Crippen molar-refractivity contribution in [3.05, 3.63) is 51.1 Å². The summed E-state index contributed by atoms with van der Waals surface area (Å²) in [6.45, 7) is 0. The van der Waals surface area contributed by atoms with Gasteiger partial charge in [-0.15, -0.1) is 0 Å². The Labute approximate surface area is 130 Å². The normalized spacial score (nSPS) is 10.3. The van der Waals surface area contributed by atoms with Crippen molar-refractivity contribution in [2.75, 3.05) is 5.32 Å². The van der Waals surface area contributed by atoms with Crippen LogP contribution in [0.5, 0.6) is 0 Å². The summed E-state index contributed by atoms with van der Waals surface area (Å²) in [5.74, 6) is 0.597. The molecule has 0 saturated heterocycles. The molecule has 98 valence electrons. The smallest absolute Gasteiger partial charge is 0.130 e. The number of thiocarbonyl (C=S) groups is 1. The lowest BCUT2D eigenvalue weighted by Crippen LogP contribution is -2.09. The van der Waals surface area contributed by atoms with Crippen LogP contribution in [0.4, 0.5) is 11.5 Å². The minimum Gasteiger partial charge on any atom is -0.389 e. The van der Waals surface area contributed by atoms with E-state index in [0.29, 0.717) is 37.1 Å². The lowest BCUT2D eigenvalue weighted by atomic mass is 10.2. The first-order valence-electron chi connectivity index (χ1n) is 5.15. The van der Waals surface area contributed by atoms with Gasteiger partial charge in [-0.2, -0.15) is 0 Å². The van der Waals surface area contributed by atoms with Crippen LogP contribution in [-0.4, -0.2) is 9.97 Å². The Morgan fingerprint density at radius 2 is 1.79 bits per heavy atom. The van der Waals surface area contributed by atoms with E-state index in [4.69, 9.17) is 52.8 Å². The van der Waals surface area contributed by atoms with E-state index in [1.54, 1.807) is 30.5 Å². The third-order valence-corrected chi connectivity index (χ3v) is 3.59. The van der Waals surface area contributed by atoms with Gasteiger partial charge in [-0.25, -0.2) is 4.98 Å². The van der Waals surface area contributed by atoms with Gasteiger partial charge in [0.1, 0.15) is 10.8 Å². The summed E-state index contributed by atoms with van der Waals surface area (Å²) in [5, 5.41) is 4.30. The number of rotatable bonds is 3. The standard InChI is InChI=1S/C12H8Cl3N3S/c13-7-3-9(15)10(4-8(7)14)18-11-2-1-6(5-17-11)12(16)19/h1-5H,(H2,16,19)(H,17,18). The summed E-state index contributed by atoms with van der Waals surface area (Å²) >= 11 is 22.7. The van der Waals surface area contributed by atoms with E-state index in [0.717, 1.165) is 0 Å². The third kappa shape index (κ3) is 3.48. The zero-order valence-corrected chi connectivity index (χ0v) is 12.5. The molecule has 0 aliphatic rings. The second kappa shape index (κ2) is 5.92. The number of hydrogen-bond donors (Lipinski definition) is 2. The molecule has 0 unspecified atom stereocenters. The average Bonchev–Trinajstić information content (AvgIpc) is 2.36. The van der Waals surface area contributed by atoms with E-state index in [1.165, 1.54) is 0 Å². The van der Waals surface area contributed by atoms with Gasteiger partial charge >= 0.3 is 0 Å². The minimum atomic E-state index is 0.298. The van der Waals surface area contributed by atoms with Gasteiger partial charge < -0.3 is 11.1 Å². The molecule has 0 saturated carbocycles. The van der Waals surface area contributed by atoms with Crippen molar-refractivity contribution in [1.29, 1.82) is 0 Å². The molecule has 0 bridgehead atoms. The first-order valence-corrected chi connectivity index (χ1v) is 6.69. The maximum absolute atomic E-state index is 6.06. The zero-order valence-electron chi connectivity index (χ0n) is 9.45. The van der Waals surface area contributed by atoms with Crippen LogP contribution in [0.25, 0.3) is 0 Å². The summed E-state index contributed by atoms with van der Waals surface area (Å²) in [4.78, 5) is 4.47. The fraction of sp³-hybridized carbons (Fsp3) is 0. The molecular formula is C12H8Cl3N3S. The van der Waals surface area contributed by atoms with Crippen LogP contribution in [0.2, 0.25) is 15.1 Å². The number of pyridine rings is 1. The monoisotopic (exact) mass is 331 g/mol. The van der Waals surface area contributed by atoms with Crippen LogP contribution in [0, 0.1) is 0 Å². The van der Waals surface area contributed by atoms with E-state index in [9.17, 15) is 0 Å². The Morgan fingerprint density at radius 3 is 2.37 bits per heavy atom. The second-order valence-electron chi connectivity index (χ2n) is 3.67. The highest BCUT2D eigenvalue weighted by molar-refractivity contribution is 7.80. The van der Waals surface area contributed by atoms with E-state index >= 15 is 0 Å². The number of anilines is 2. The highest BCUT2D eigenvalue weighted by Gasteiger charge is 2.07. The minimum absolute atomic E-state index is 0.298. The first kappa shape index (κ1) is 14.3. The molecule has 0 amide bonds. The van der Waals surface area contributed by atoms with Gasteiger partial charge in [0, 0.05) is 11.8 Å². The van der Waals surface area contributed by atoms with Gasteiger partial charge in [0.25, 0.3) is 0 Å². The SMILES string of the molecule is NC(=S)c1ccc(Nc2cc(Cl)c(Cl)cc2Cl)nc1. The van der Waals surface area contributed by atoms with E-state index in [1.807, 2.05) is 0 Å². The van der Waals surface area contributed by atoms with E-state index in [2.05, 4.69) is 10.3 Å². The molecule has 0 spiro atoms. The van der Waals surface area contributed by atoms with E-state index in [-0.39, 0.29) is 0 Å². The van der Waals surface area contributed by atoms with E-state index < -0.39 is 0 Å². The topological polar surface area (TPSA) is 50.9 Å². The van der Waals surface area contributed by atoms with Crippen molar-refractivity contribution < 1.29 is 0 Å². The van der Waals surface area contributed by atoms with Crippen LogP contribution in [-0.2, 0) is 0 Å². The van der Waals surface area contributed by atoms with Gasteiger partial charge in [-0.3, -0.25) is 0 Å². The van der Waals surface area contributed by atoms with Crippen molar-refractivity contribution in [3.63, 3.8) is 0 Å². The third-order valence-electron chi connectivity index (χ3n) is 2.32. The number of halogens is 3. The Bertz CT molecular complexity index is 629. The zero-order chi connectivity index (χ0) is 14.0. The molecule has 0 radical (unpaired) electrons. The number of aromatic nitrogens is 1. The fourth-order valence-corrected chi connectivity index (χ4v) is 2.08. The largest absolute Gasteiger partial charge is 0.389 e. The Kier molecular flexibility index (Phi) is 4.47. The quantitative estimate of drug-likeness (QED) is 0.645. The number of benzene rings is 1. The summed E-state index contributed by atoms with van der Waals surface area (Å²) < 4.78 is 0. The molecule has 1 aromatic heterocycles. The number of nitrogens with zero attached hydrogens (tertiary/aromatic N) is 1. The predicted molar refractivity (Wildman–Crippen MR) is 84.9 cm³/mol. The van der Waals surface area contributed by atoms with Crippen molar-refractivity contribution in [1.82, 2.24) is 4.98 Å². The first-order chi connectivity index (χ1) is 8.97. The molecule has 0 fully saturated rings. The Morgan fingerprint density at radius 1 is 1.11 bits per heavy atom. The highest BCUT2D eigenvalue weighted by atomic mass is 35.5. The number of nitrogens with one attached hydrogen (secondary N) is 1. The van der Waals surface area contributed by atoms with Gasteiger partial charge in [-0.05, 0) is 24.3 Å². The molecule has 1 heterocycles. The Balaban J connectivity index is 2.26. The molecular weight excluding hydrogens is 325 g/mol. The molecule has 19 heavy (non-hydrogen) atoms. The lowest BCUT2D eigenvalue weighted by Gasteiger charge is -2.09. The second-order valence-corrected chi connectivity index (χ2v) is 5.33. The summed E-state index contributed by atoms with van der Waals surface area (Å²) in [5.41, 5.74) is 6.81. The molecule has 2 rings (SSSR count). The fourth-order valence-electron chi connectivity index (χ4n) is 1.37. The van der Waals surface area contributed by atoms with Gasteiger partial charge in [0.15, 0.2) is 0 Å². The molecule has 0 aliphatic carbocycles. The van der Waals surface area contributed by atoms with Crippen LogP contribution >= 0.6 is 47.0 Å². The van der Waals surface area contributed by atoms with Crippen molar-refractivity contribution in [2.24, 2.45) is 5.73 Å². The number of hydrogen-bond acceptors (Lipinski definition) is 3. The maximum Gasteiger partial charge on any atom is 0.130 e. The van der Waals surface area contributed by atoms with Crippen LogP contribution < -0.4 is 11.1 Å². The molecule has 0 atom stereocenters. The Hall–Kier alpha value is -1.07. The van der Waals surface area contributed by atoms with Crippen LogP contribution in [0.3, 0.4) is 0 Å². The molecule has 1 aromatic carbocycles. The molecule has 3 N–H and O–H groups in total. The van der Waals surface area contributed by atoms with Gasteiger partial charge in [0.05, 0.1) is 20.8 Å². The summed E-state index contributed by atoms with van der Waals surface area (Å²) in [6.07, 6.45) is 1.58. The van der Waals surface area contributed by atoms with Gasteiger partial charge in [-0.1, -0.05) is 47.0 Å². The molecule has 0 aliphatic heterocycles.